The Morgan fingerprint density at radius 3 is 2.67 bits per heavy atom. The van der Waals surface area contributed by atoms with Crippen LogP contribution >= 0.6 is 11.3 Å². The first-order valence-corrected chi connectivity index (χ1v) is 11.8. The third-order valence-electron chi connectivity index (χ3n) is 5.71. The van der Waals surface area contributed by atoms with Crippen LogP contribution in [0.5, 0.6) is 5.75 Å². The Kier molecular flexibility index (Phi) is 5.94. The van der Waals surface area contributed by atoms with E-state index in [1.807, 2.05) is 25.1 Å². The summed E-state index contributed by atoms with van der Waals surface area (Å²) in [7, 11) is 0. The highest BCUT2D eigenvalue weighted by Crippen LogP contribution is 2.37. The van der Waals surface area contributed by atoms with E-state index in [0.29, 0.717) is 6.61 Å². The number of pyridine rings is 1. The summed E-state index contributed by atoms with van der Waals surface area (Å²) in [6.45, 7) is 4.55. The molecule has 3 N–H and O–H groups in total. The van der Waals surface area contributed by atoms with Gasteiger partial charge in [-0.25, -0.2) is 0 Å². The largest absolute Gasteiger partial charge is 0.490 e. The zero-order valence-electron chi connectivity index (χ0n) is 18.7. The maximum absolute atomic E-state index is 6.34. The molecule has 0 amide bonds. The second kappa shape index (κ2) is 9.17. The maximum Gasteiger partial charge on any atom is 0.138 e. The fourth-order valence-electron chi connectivity index (χ4n) is 3.99. The molecule has 0 aliphatic carbocycles. The first-order valence-electron chi connectivity index (χ1n) is 11.0. The molecular weight excluding hydrogens is 428 g/mol. The average molecular weight is 455 g/mol. The van der Waals surface area contributed by atoms with E-state index in [1.54, 1.807) is 17.5 Å². The third-order valence-corrected chi connectivity index (χ3v) is 6.71. The Bertz CT molecular complexity index is 1390. The number of hydrogen-bond donors (Lipinski definition) is 2. The van der Waals surface area contributed by atoms with Gasteiger partial charge in [0.05, 0.1) is 28.0 Å². The van der Waals surface area contributed by atoms with Crippen molar-refractivity contribution < 1.29 is 4.74 Å². The van der Waals surface area contributed by atoms with Crippen LogP contribution in [0.1, 0.15) is 16.1 Å². The normalized spacial score (nSPS) is 12.2. The Morgan fingerprint density at radius 2 is 1.88 bits per heavy atom. The Balaban J connectivity index is 1.45. The van der Waals surface area contributed by atoms with Gasteiger partial charge in [-0.1, -0.05) is 36.4 Å². The predicted octanol–water partition coefficient (Wildman–Crippen LogP) is 5.92. The topological polar surface area (TPSA) is 76.8 Å². The van der Waals surface area contributed by atoms with Crippen LogP contribution in [-0.4, -0.2) is 27.8 Å². The van der Waals surface area contributed by atoms with Gasteiger partial charge in [0.15, 0.2) is 0 Å². The van der Waals surface area contributed by atoms with Gasteiger partial charge >= 0.3 is 0 Å². The number of nitrogens with two attached hydrogens (primary N) is 1. The van der Waals surface area contributed by atoms with Crippen molar-refractivity contribution in [1.29, 1.82) is 0 Å². The minimum absolute atomic E-state index is 0.0968. The molecule has 0 spiro atoms. The van der Waals surface area contributed by atoms with Crippen molar-refractivity contribution in [2.24, 2.45) is 5.73 Å². The smallest absolute Gasteiger partial charge is 0.138 e. The highest BCUT2D eigenvalue weighted by molar-refractivity contribution is 7.15. The van der Waals surface area contributed by atoms with Crippen LogP contribution < -0.4 is 10.5 Å². The van der Waals surface area contributed by atoms with Gasteiger partial charge in [-0.3, -0.25) is 10.1 Å². The molecule has 166 valence electrons. The molecule has 0 unspecified atom stereocenters. The fraction of sp³-hybridized carbons (Fsp3) is 0.185. The second-order valence-electron chi connectivity index (χ2n) is 8.31. The molecule has 3 heterocycles. The first-order chi connectivity index (χ1) is 16.1. The van der Waals surface area contributed by atoms with E-state index < -0.39 is 0 Å². The van der Waals surface area contributed by atoms with E-state index in [4.69, 9.17) is 15.5 Å². The number of aryl methyl sites for hydroxylation is 2. The van der Waals surface area contributed by atoms with Crippen molar-refractivity contribution in [2.45, 2.75) is 26.3 Å². The van der Waals surface area contributed by atoms with Gasteiger partial charge in [-0.05, 0) is 61.7 Å². The monoisotopic (exact) mass is 454 g/mol. The Labute approximate surface area is 197 Å². The molecule has 1 atom stereocenters. The minimum atomic E-state index is -0.0968. The first kappa shape index (κ1) is 21.4. The molecule has 0 aliphatic heterocycles. The summed E-state index contributed by atoms with van der Waals surface area (Å²) in [5.41, 5.74) is 12.6. The molecule has 6 heteroatoms. The molecule has 5 nitrogen and oxygen atoms in total. The number of hydrogen-bond acceptors (Lipinski definition) is 5. The third kappa shape index (κ3) is 4.67. The van der Waals surface area contributed by atoms with E-state index in [-0.39, 0.29) is 6.04 Å². The summed E-state index contributed by atoms with van der Waals surface area (Å²) in [5, 5.41) is 8.52. The molecule has 0 bridgehead atoms. The molecule has 2 aromatic carbocycles. The lowest BCUT2D eigenvalue weighted by Gasteiger charge is -2.15. The molecule has 0 saturated heterocycles. The van der Waals surface area contributed by atoms with Crippen molar-refractivity contribution >= 4 is 22.2 Å². The van der Waals surface area contributed by atoms with Crippen LogP contribution in [0.3, 0.4) is 0 Å². The number of benzene rings is 2. The molecule has 0 fully saturated rings. The zero-order valence-corrected chi connectivity index (χ0v) is 19.5. The van der Waals surface area contributed by atoms with Crippen molar-refractivity contribution in [3.63, 3.8) is 0 Å². The molecule has 33 heavy (non-hydrogen) atoms. The van der Waals surface area contributed by atoms with Gasteiger partial charge in [0, 0.05) is 21.9 Å². The van der Waals surface area contributed by atoms with Crippen LogP contribution in [0.25, 0.3) is 32.6 Å². The zero-order chi connectivity index (χ0) is 22.8. The number of aromatic amines is 1. The van der Waals surface area contributed by atoms with E-state index in [0.717, 1.165) is 50.5 Å². The van der Waals surface area contributed by atoms with Crippen LogP contribution in [0.15, 0.2) is 72.9 Å². The van der Waals surface area contributed by atoms with Gasteiger partial charge in [0.1, 0.15) is 12.4 Å². The van der Waals surface area contributed by atoms with Crippen molar-refractivity contribution in [1.82, 2.24) is 15.2 Å². The standard InChI is InChI=1S/C27H26N4OS/c1-17-8-11-26(33-17)27-24(20-9-10-25-23(13-20)18(2)30-31-25)14-22(15-29-27)32-16-21(28)12-19-6-4-3-5-7-19/h3-11,13-15,21H,12,16,28H2,1-2H3,(H,30,31)/t21-/m0/s1. The summed E-state index contributed by atoms with van der Waals surface area (Å²) in [6.07, 6.45) is 2.56. The molecular formula is C27H26N4OS. The van der Waals surface area contributed by atoms with E-state index in [9.17, 15) is 0 Å². The lowest BCUT2D eigenvalue weighted by atomic mass is 10.0. The molecule has 3 aromatic heterocycles. The van der Waals surface area contributed by atoms with Crippen LogP contribution in [0, 0.1) is 13.8 Å². The molecule has 0 aliphatic rings. The number of nitrogens with zero attached hydrogens (tertiary/aromatic N) is 2. The second-order valence-corrected chi connectivity index (χ2v) is 9.60. The molecule has 0 saturated carbocycles. The number of aromatic nitrogens is 3. The van der Waals surface area contributed by atoms with Gasteiger partial charge < -0.3 is 10.5 Å². The Hall–Kier alpha value is -3.48. The quantitative estimate of drug-likeness (QED) is 0.320. The highest BCUT2D eigenvalue weighted by Gasteiger charge is 2.15. The average Bonchev–Trinajstić information content (AvgIpc) is 3.43. The molecule has 0 radical (unpaired) electrons. The van der Waals surface area contributed by atoms with Crippen molar-refractivity contribution in [2.75, 3.05) is 6.61 Å². The fourth-order valence-corrected chi connectivity index (χ4v) is 4.87. The Morgan fingerprint density at radius 1 is 1.03 bits per heavy atom. The number of nitrogens with one attached hydrogen (secondary N) is 1. The summed E-state index contributed by atoms with van der Waals surface area (Å²) in [6, 6.07) is 22.8. The van der Waals surface area contributed by atoms with Crippen molar-refractivity contribution in [3.8, 4) is 27.4 Å². The highest BCUT2D eigenvalue weighted by atomic mass is 32.1. The minimum Gasteiger partial charge on any atom is -0.490 e. The number of H-pyrrole nitrogens is 1. The van der Waals surface area contributed by atoms with Gasteiger partial charge in [0.2, 0.25) is 0 Å². The summed E-state index contributed by atoms with van der Waals surface area (Å²) in [5.74, 6) is 0.717. The van der Waals surface area contributed by atoms with Gasteiger partial charge in [0.25, 0.3) is 0 Å². The lowest BCUT2D eigenvalue weighted by Crippen LogP contribution is -2.30. The summed E-state index contributed by atoms with van der Waals surface area (Å²) in [4.78, 5) is 7.21. The van der Waals surface area contributed by atoms with Crippen LogP contribution in [0.4, 0.5) is 0 Å². The SMILES string of the molecule is Cc1ccc(-c2ncc(OC[C@@H](N)Cc3ccccc3)cc2-c2ccc3[nH]nc(C)c3c2)s1. The van der Waals surface area contributed by atoms with Gasteiger partial charge in [-0.2, -0.15) is 5.10 Å². The van der Waals surface area contributed by atoms with E-state index >= 15 is 0 Å². The maximum atomic E-state index is 6.34. The predicted molar refractivity (Wildman–Crippen MR) is 136 cm³/mol. The van der Waals surface area contributed by atoms with Crippen LogP contribution in [-0.2, 0) is 6.42 Å². The number of fused-ring (bicyclic) bond motifs is 1. The van der Waals surface area contributed by atoms with E-state index in [2.05, 4.69) is 65.7 Å². The number of ether oxygens (including phenoxy) is 1. The summed E-state index contributed by atoms with van der Waals surface area (Å²) < 4.78 is 6.09. The molecule has 5 rings (SSSR count). The summed E-state index contributed by atoms with van der Waals surface area (Å²) >= 11 is 1.74. The van der Waals surface area contributed by atoms with Gasteiger partial charge in [-0.15, -0.1) is 11.3 Å². The number of rotatable bonds is 7. The van der Waals surface area contributed by atoms with Crippen molar-refractivity contribution in [3.05, 3.63) is 89.1 Å². The van der Waals surface area contributed by atoms with E-state index in [1.165, 1.54) is 10.4 Å². The van der Waals surface area contributed by atoms with Crippen LogP contribution in [0.2, 0.25) is 0 Å². The number of thiophene rings is 1. The molecule has 5 aromatic rings. The lowest BCUT2D eigenvalue weighted by molar-refractivity contribution is 0.287.